The molecule has 0 fully saturated rings. The summed E-state index contributed by atoms with van der Waals surface area (Å²) in [6, 6.07) is 5.09. The monoisotopic (exact) mass is 235 g/mol. The fourth-order valence-corrected chi connectivity index (χ4v) is 1.25. The minimum atomic E-state index is -0.203. The predicted molar refractivity (Wildman–Crippen MR) is 64.3 cm³/mol. The molecule has 1 N–H and O–H groups in total. The number of nitriles is 1. The molecular weight excluding hydrogens is 222 g/mol. The summed E-state index contributed by atoms with van der Waals surface area (Å²) in [6.45, 7) is 2.65. The molecule has 0 saturated carbocycles. The zero-order valence-electron chi connectivity index (χ0n) is 9.23. The zero-order chi connectivity index (χ0) is 12.0. The van der Waals surface area contributed by atoms with Crippen LogP contribution in [0.3, 0.4) is 0 Å². The van der Waals surface area contributed by atoms with Crippen LogP contribution in [-0.4, -0.2) is 28.9 Å². The summed E-state index contributed by atoms with van der Waals surface area (Å²) < 4.78 is 0. The normalized spacial score (nSPS) is 11.6. The van der Waals surface area contributed by atoms with Crippen molar-refractivity contribution in [3.05, 3.63) is 29.6 Å². The Bertz CT molecular complexity index is 397. The number of amides is 1. The molecule has 1 heterocycles. The van der Waals surface area contributed by atoms with Crippen molar-refractivity contribution in [2.45, 2.75) is 12.2 Å². The van der Waals surface area contributed by atoms with Crippen LogP contribution < -0.4 is 5.32 Å². The quantitative estimate of drug-likeness (QED) is 0.857. The van der Waals surface area contributed by atoms with E-state index in [0.29, 0.717) is 23.1 Å². The van der Waals surface area contributed by atoms with Crippen molar-refractivity contribution in [3.8, 4) is 6.07 Å². The highest BCUT2D eigenvalue weighted by Gasteiger charge is 2.08. The third-order valence-corrected chi connectivity index (χ3v) is 3.05. The lowest BCUT2D eigenvalue weighted by atomic mass is 10.2. The van der Waals surface area contributed by atoms with Crippen molar-refractivity contribution in [2.75, 3.05) is 12.8 Å². The van der Waals surface area contributed by atoms with Gasteiger partial charge in [-0.05, 0) is 18.4 Å². The minimum absolute atomic E-state index is 0.203. The molecule has 1 amide bonds. The van der Waals surface area contributed by atoms with E-state index in [1.165, 1.54) is 6.20 Å². The molecule has 0 radical (unpaired) electrons. The van der Waals surface area contributed by atoms with E-state index >= 15 is 0 Å². The molecular formula is C11H13N3OS. The molecule has 0 saturated heterocycles. The Balaban J connectivity index is 2.57. The fraction of sp³-hybridized carbons (Fsp3) is 0.364. The van der Waals surface area contributed by atoms with E-state index in [4.69, 9.17) is 5.26 Å². The van der Waals surface area contributed by atoms with Crippen LogP contribution >= 0.6 is 11.8 Å². The first kappa shape index (κ1) is 12.5. The van der Waals surface area contributed by atoms with E-state index in [9.17, 15) is 4.79 Å². The van der Waals surface area contributed by atoms with Crippen LogP contribution in [0.4, 0.5) is 0 Å². The first-order valence-electron chi connectivity index (χ1n) is 4.84. The number of carbonyl (C=O) groups excluding carboxylic acids is 1. The number of nitrogens with zero attached hydrogens (tertiary/aromatic N) is 2. The number of hydrogen-bond donors (Lipinski definition) is 1. The summed E-state index contributed by atoms with van der Waals surface area (Å²) >= 11 is 1.69. The van der Waals surface area contributed by atoms with Gasteiger partial charge >= 0.3 is 0 Å². The highest BCUT2D eigenvalue weighted by molar-refractivity contribution is 7.99. The van der Waals surface area contributed by atoms with Gasteiger partial charge in [0.1, 0.15) is 11.8 Å². The number of thioether (sulfide) groups is 1. The van der Waals surface area contributed by atoms with Gasteiger partial charge in [0.15, 0.2) is 0 Å². The Hall–Kier alpha value is -1.54. The Kier molecular flexibility index (Phi) is 4.80. The molecule has 0 aliphatic carbocycles. The highest BCUT2D eigenvalue weighted by Crippen LogP contribution is 2.03. The van der Waals surface area contributed by atoms with E-state index < -0.39 is 0 Å². The van der Waals surface area contributed by atoms with Gasteiger partial charge in [0.05, 0.1) is 5.56 Å². The number of nitrogens with one attached hydrogen (secondary N) is 1. The standard InChI is InChI=1S/C11H13N3OS/c1-8(16-2)6-14-11(15)10-4-3-9(5-12)7-13-10/h3-4,7-8H,6H2,1-2H3,(H,14,15). The number of rotatable bonds is 4. The van der Waals surface area contributed by atoms with Crippen molar-refractivity contribution in [2.24, 2.45) is 0 Å². The van der Waals surface area contributed by atoms with Crippen molar-refractivity contribution < 1.29 is 4.79 Å². The maximum Gasteiger partial charge on any atom is 0.269 e. The summed E-state index contributed by atoms with van der Waals surface area (Å²) in [6.07, 6.45) is 3.39. The second-order valence-corrected chi connectivity index (χ2v) is 4.58. The zero-order valence-corrected chi connectivity index (χ0v) is 10.0. The number of aromatic nitrogens is 1. The van der Waals surface area contributed by atoms with Crippen LogP contribution in [0.5, 0.6) is 0 Å². The van der Waals surface area contributed by atoms with Gasteiger partial charge in [-0.1, -0.05) is 6.92 Å². The average Bonchev–Trinajstić information content (AvgIpc) is 2.35. The third-order valence-electron chi connectivity index (χ3n) is 2.08. The van der Waals surface area contributed by atoms with Gasteiger partial charge in [0.2, 0.25) is 0 Å². The van der Waals surface area contributed by atoms with E-state index in [0.717, 1.165) is 0 Å². The molecule has 4 nitrogen and oxygen atoms in total. The second-order valence-electron chi connectivity index (χ2n) is 3.30. The van der Waals surface area contributed by atoms with Gasteiger partial charge in [0.25, 0.3) is 5.91 Å². The number of carbonyl (C=O) groups is 1. The molecule has 5 heteroatoms. The lowest BCUT2D eigenvalue weighted by Crippen LogP contribution is -2.29. The average molecular weight is 235 g/mol. The van der Waals surface area contributed by atoms with Gasteiger partial charge < -0.3 is 5.32 Å². The van der Waals surface area contributed by atoms with Crippen LogP contribution in [0.2, 0.25) is 0 Å². The summed E-state index contributed by atoms with van der Waals surface area (Å²) in [5, 5.41) is 11.7. The largest absolute Gasteiger partial charge is 0.350 e. The Morgan fingerprint density at radius 2 is 2.44 bits per heavy atom. The summed E-state index contributed by atoms with van der Waals surface area (Å²) in [5.74, 6) is -0.203. The highest BCUT2D eigenvalue weighted by atomic mass is 32.2. The van der Waals surface area contributed by atoms with Crippen LogP contribution in [0.15, 0.2) is 18.3 Å². The molecule has 1 aromatic heterocycles. The molecule has 0 bridgehead atoms. The van der Waals surface area contributed by atoms with E-state index in [-0.39, 0.29) is 5.91 Å². The molecule has 1 unspecified atom stereocenters. The van der Waals surface area contributed by atoms with Crippen LogP contribution in [0, 0.1) is 11.3 Å². The minimum Gasteiger partial charge on any atom is -0.350 e. The lowest BCUT2D eigenvalue weighted by molar-refractivity contribution is 0.0949. The smallest absolute Gasteiger partial charge is 0.269 e. The Morgan fingerprint density at radius 3 is 2.94 bits per heavy atom. The summed E-state index contributed by atoms with van der Waals surface area (Å²) in [5.41, 5.74) is 0.793. The van der Waals surface area contributed by atoms with Crippen molar-refractivity contribution in [1.82, 2.24) is 10.3 Å². The maximum atomic E-state index is 11.6. The van der Waals surface area contributed by atoms with Crippen molar-refractivity contribution >= 4 is 17.7 Å². The molecule has 0 aliphatic rings. The summed E-state index contributed by atoms with van der Waals surface area (Å²) in [4.78, 5) is 15.5. The molecule has 0 spiro atoms. The van der Waals surface area contributed by atoms with E-state index in [1.54, 1.807) is 23.9 Å². The van der Waals surface area contributed by atoms with Crippen molar-refractivity contribution in [3.63, 3.8) is 0 Å². The molecule has 1 atom stereocenters. The van der Waals surface area contributed by atoms with Gasteiger partial charge in [0, 0.05) is 18.0 Å². The SMILES string of the molecule is CSC(C)CNC(=O)c1ccc(C#N)cn1. The molecule has 0 aromatic carbocycles. The molecule has 1 aromatic rings. The van der Waals surface area contributed by atoms with Crippen molar-refractivity contribution in [1.29, 1.82) is 5.26 Å². The van der Waals surface area contributed by atoms with Gasteiger partial charge in [-0.25, -0.2) is 4.98 Å². The number of pyridine rings is 1. The topological polar surface area (TPSA) is 65.8 Å². The van der Waals surface area contributed by atoms with Gasteiger partial charge in [-0.2, -0.15) is 17.0 Å². The third kappa shape index (κ3) is 3.55. The van der Waals surface area contributed by atoms with Gasteiger partial charge in [-0.15, -0.1) is 0 Å². The lowest BCUT2D eigenvalue weighted by Gasteiger charge is -2.09. The Labute approximate surface area is 99.1 Å². The van der Waals surface area contributed by atoms with E-state index in [2.05, 4.69) is 10.3 Å². The Morgan fingerprint density at radius 1 is 1.69 bits per heavy atom. The predicted octanol–water partition coefficient (Wildman–Crippen LogP) is 1.43. The first-order valence-corrected chi connectivity index (χ1v) is 6.13. The molecule has 0 aliphatic heterocycles. The van der Waals surface area contributed by atoms with E-state index in [1.807, 2.05) is 19.2 Å². The van der Waals surface area contributed by atoms with Crippen LogP contribution in [0.1, 0.15) is 23.0 Å². The first-order chi connectivity index (χ1) is 7.67. The molecule has 1 rings (SSSR count). The van der Waals surface area contributed by atoms with Crippen LogP contribution in [0.25, 0.3) is 0 Å². The fourth-order valence-electron chi connectivity index (χ4n) is 1.00. The number of hydrogen-bond acceptors (Lipinski definition) is 4. The molecule has 84 valence electrons. The van der Waals surface area contributed by atoms with Crippen LogP contribution in [-0.2, 0) is 0 Å². The van der Waals surface area contributed by atoms with Gasteiger partial charge in [-0.3, -0.25) is 4.79 Å². The molecule has 16 heavy (non-hydrogen) atoms. The summed E-state index contributed by atoms with van der Waals surface area (Å²) in [7, 11) is 0. The maximum absolute atomic E-state index is 11.6. The second kappa shape index (κ2) is 6.13.